The van der Waals surface area contributed by atoms with Gasteiger partial charge in [0.15, 0.2) is 0 Å². The Morgan fingerprint density at radius 1 is 1.09 bits per heavy atom. The van der Waals surface area contributed by atoms with Crippen molar-refractivity contribution in [3.63, 3.8) is 0 Å². The number of hydrogen-bond acceptors (Lipinski definition) is 7. The van der Waals surface area contributed by atoms with Crippen LogP contribution < -0.4 is 20.3 Å². The van der Waals surface area contributed by atoms with E-state index < -0.39 is 21.6 Å². The van der Waals surface area contributed by atoms with Gasteiger partial charge in [0.05, 0.1) is 17.1 Å². The average Bonchev–Trinajstić information content (AvgIpc) is 3.22. The lowest BCUT2D eigenvalue weighted by atomic mass is 10.1. The minimum absolute atomic E-state index is 0.0965. The van der Waals surface area contributed by atoms with E-state index in [4.69, 9.17) is 16.3 Å². The number of carbonyl (C=O) groups excluding carboxylic acids is 1. The predicted octanol–water partition coefficient (Wildman–Crippen LogP) is 3.93. The highest BCUT2D eigenvalue weighted by Crippen LogP contribution is 2.29. The number of rotatable bonds is 5. The van der Waals surface area contributed by atoms with E-state index in [1.807, 2.05) is 4.72 Å². The summed E-state index contributed by atoms with van der Waals surface area (Å²) in [6.07, 6.45) is 0. The fraction of sp³-hybridized carbons (Fsp3) is 0.0476. The van der Waals surface area contributed by atoms with Crippen LogP contribution in [0.1, 0.15) is 0 Å². The fourth-order valence-electron chi connectivity index (χ4n) is 3.12. The van der Waals surface area contributed by atoms with Gasteiger partial charge in [0.1, 0.15) is 9.96 Å². The number of methoxy groups -OCH3 is 1. The Morgan fingerprint density at radius 2 is 1.82 bits per heavy atom. The molecule has 0 saturated carbocycles. The number of amides is 2. The zero-order valence-electron chi connectivity index (χ0n) is 16.9. The van der Waals surface area contributed by atoms with Gasteiger partial charge in [-0.25, -0.2) is 22.5 Å². The molecule has 0 aliphatic carbocycles. The van der Waals surface area contributed by atoms with Crippen LogP contribution in [0.2, 0.25) is 4.34 Å². The highest BCUT2D eigenvalue weighted by molar-refractivity contribution is 7.92. The summed E-state index contributed by atoms with van der Waals surface area (Å²) in [5.74, 6) is 0.254. The molecule has 4 aromatic rings. The van der Waals surface area contributed by atoms with Crippen molar-refractivity contribution < 1.29 is 23.1 Å². The number of nitrogens with one attached hydrogen (secondary N) is 2. The Bertz CT molecular complexity index is 1530. The quantitative estimate of drug-likeness (QED) is 0.377. The molecule has 2 heterocycles. The lowest BCUT2D eigenvalue weighted by Gasteiger charge is -2.13. The molecule has 0 saturated heterocycles. The average molecular weight is 506 g/mol. The number of sulfonamides is 1. The number of fused-ring (bicyclic) bond motifs is 1. The van der Waals surface area contributed by atoms with Crippen molar-refractivity contribution in [2.24, 2.45) is 0 Å². The first-order valence-electron chi connectivity index (χ1n) is 9.30. The summed E-state index contributed by atoms with van der Waals surface area (Å²) >= 11 is 6.56. The van der Waals surface area contributed by atoms with Gasteiger partial charge in [-0.05, 0) is 53.9 Å². The van der Waals surface area contributed by atoms with Gasteiger partial charge < -0.3 is 15.2 Å². The van der Waals surface area contributed by atoms with Crippen LogP contribution in [0.15, 0.2) is 69.7 Å². The highest BCUT2D eigenvalue weighted by atomic mass is 35.5. The summed E-state index contributed by atoms with van der Waals surface area (Å²) < 4.78 is 32.8. The molecule has 33 heavy (non-hydrogen) atoms. The SMILES string of the molecule is COc1ccc2cc(=O)n(-c3ccc(NC(=O)NS(=O)(=O)c4ccc(Cl)s4)cc3)c(O)c2c1. The van der Waals surface area contributed by atoms with Crippen molar-refractivity contribution in [1.82, 2.24) is 9.29 Å². The Kier molecular flexibility index (Phi) is 6.02. The molecular formula is C21H16ClN3O6S2. The number of thiophene rings is 1. The number of anilines is 1. The topological polar surface area (TPSA) is 127 Å². The molecule has 2 aromatic heterocycles. The van der Waals surface area contributed by atoms with Gasteiger partial charge in [-0.15, -0.1) is 11.3 Å². The summed E-state index contributed by atoms with van der Waals surface area (Å²) in [5.41, 5.74) is 0.156. The lowest BCUT2D eigenvalue weighted by molar-refractivity contribution is 0.256. The second kappa shape index (κ2) is 8.77. The minimum Gasteiger partial charge on any atom is -0.497 e. The van der Waals surface area contributed by atoms with Gasteiger partial charge in [0, 0.05) is 17.1 Å². The number of aromatic nitrogens is 1. The van der Waals surface area contributed by atoms with E-state index in [9.17, 15) is 23.1 Å². The number of urea groups is 1. The molecule has 0 bridgehead atoms. The van der Waals surface area contributed by atoms with Gasteiger partial charge in [0.2, 0.25) is 5.88 Å². The van der Waals surface area contributed by atoms with Gasteiger partial charge in [-0.2, -0.15) is 0 Å². The molecule has 2 aromatic carbocycles. The molecule has 170 valence electrons. The molecule has 0 fully saturated rings. The molecular weight excluding hydrogens is 490 g/mol. The first kappa shape index (κ1) is 22.6. The maximum Gasteiger partial charge on any atom is 0.333 e. The zero-order valence-corrected chi connectivity index (χ0v) is 19.3. The third-order valence-electron chi connectivity index (χ3n) is 4.64. The summed E-state index contributed by atoms with van der Waals surface area (Å²) in [6, 6.07) is 14.0. The van der Waals surface area contributed by atoms with Gasteiger partial charge in [-0.1, -0.05) is 17.7 Å². The third-order valence-corrected chi connectivity index (χ3v) is 7.69. The van der Waals surface area contributed by atoms with E-state index in [1.165, 1.54) is 49.6 Å². The van der Waals surface area contributed by atoms with Gasteiger partial charge in [0.25, 0.3) is 15.6 Å². The normalized spacial score (nSPS) is 11.3. The summed E-state index contributed by atoms with van der Waals surface area (Å²) in [7, 11) is -2.57. The van der Waals surface area contributed by atoms with E-state index in [2.05, 4.69) is 5.32 Å². The van der Waals surface area contributed by atoms with Crippen LogP contribution in [0, 0.1) is 0 Å². The van der Waals surface area contributed by atoms with Crippen molar-refractivity contribution in [1.29, 1.82) is 0 Å². The molecule has 4 rings (SSSR count). The summed E-state index contributed by atoms with van der Waals surface area (Å²) in [6.45, 7) is 0. The summed E-state index contributed by atoms with van der Waals surface area (Å²) in [5, 5.41) is 14.1. The van der Waals surface area contributed by atoms with Crippen LogP contribution in [-0.4, -0.2) is 31.2 Å². The molecule has 12 heteroatoms. The minimum atomic E-state index is -4.06. The number of carbonyl (C=O) groups is 1. The molecule has 0 spiro atoms. The van der Waals surface area contributed by atoms with E-state index in [0.29, 0.717) is 22.2 Å². The van der Waals surface area contributed by atoms with E-state index in [0.717, 1.165) is 15.9 Å². The fourth-order valence-corrected chi connectivity index (χ4v) is 5.51. The Balaban J connectivity index is 1.57. The van der Waals surface area contributed by atoms with Crippen LogP contribution in [0.4, 0.5) is 10.5 Å². The number of nitrogens with zero attached hydrogens (tertiary/aromatic N) is 1. The van der Waals surface area contributed by atoms with Gasteiger partial charge >= 0.3 is 6.03 Å². The maximum absolute atomic E-state index is 12.6. The molecule has 0 aliphatic rings. The number of aromatic hydroxyl groups is 1. The van der Waals surface area contributed by atoms with Crippen LogP contribution >= 0.6 is 22.9 Å². The van der Waals surface area contributed by atoms with Crippen LogP contribution in [0.3, 0.4) is 0 Å². The standard InChI is InChI=1S/C21H16ClN3O6S2/c1-31-15-7-2-12-10-18(26)25(20(27)16(12)11-15)14-5-3-13(4-6-14)23-21(28)24-33(29,30)19-9-8-17(22)32-19/h2-11,27H,1H3,(H2,23,24,28). The number of benzene rings is 2. The zero-order chi connectivity index (χ0) is 23.8. The van der Waals surface area contributed by atoms with Gasteiger partial charge in [-0.3, -0.25) is 4.79 Å². The van der Waals surface area contributed by atoms with Crippen molar-refractivity contribution in [2.45, 2.75) is 4.21 Å². The lowest BCUT2D eigenvalue weighted by Crippen LogP contribution is -2.33. The highest BCUT2D eigenvalue weighted by Gasteiger charge is 2.20. The predicted molar refractivity (Wildman–Crippen MR) is 126 cm³/mol. The number of pyridine rings is 1. The van der Waals surface area contributed by atoms with E-state index in [-0.39, 0.29) is 20.1 Å². The van der Waals surface area contributed by atoms with Crippen molar-refractivity contribution in [3.8, 4) is 17.3 Å². The first-order valence-corrected chi connectivity index (χ1v) is 12.0. The maximum atomic E-state index is 12.6. The molecule has 0 radical (unpaired) electrons. The van der Waals surface area contributed by atoms with Crippen LogP contribution in [0.5, 0.6) is 11.6 Å². The number of halogens is 1. The Morgan fingerprint density at radius 3 is 2.45 bits per heavy atom. The van der Waals surface area contributed by atoms with Crippen molar-refractivity contribution in [3.05, 3.63) is 75.4 Å². The molecule has 3 N–H and O–H groups in total. The Labute approximate surface area is 196 Å². The van der Waals surface area contributed by atoms with E-state index >= 15 is 0 Å². The largest absolute Gasteiger partial charge is 0.497 e. The van der Waals surface area contributed by atoms with Crippen molar-refractivity contribution in [2.75, 3.05) is 12.4 Å². The summed E-state index contributed by atoms with van der Waals surface area (Å²) in [4.78, 5) is 24.7. The second-order valence-electron chi connectivity index (χ2n) is 6.76. The monoisotopic (exact) mass is 505 g/mol. The van der Waals surface area contributed by atoms with Crippen LogP contribution in [-0.2, 0) is 10.0 Å². The van der Waals surface area contributed by atoms with Crippen molar-refractivity contribution >= 4 is 55.5 Å². The molecule has 9 nitrogen and oxygen atoms in total. The second-order valence-corrected chi connectivity index (χ2v) is 10.4. The van der Waals surface area contributed by atoms with Crippen LogP contribution in [0.25, 0.3) is 16.5 Å². The molecule has 0 unspecified atom stereocenters. The number of hydrogen-bond donors (Lipinski definition) is 3. The van der Waals surface area contributed by atoms with E-state index in [1.54, 1.807) is 18.2 Å². The third kappa shape index (κ3) is 4.65. The first-order chi connectivity index (χ1) is 15.7. The molecule has 0 aliphatic heterocycles. The smallest absolute Gasteiger partial charge is 0.333 e. The molecule has 2 amide bonds. The Hall–Kier alpha value is -3.54. The molecule has 0 atom stereocenters. The number of ether oxygens (including phenoxy) is 1.